The van der Waals surface area contributed by atoms with Gasteiger partial charge in [0.25, 0.3) is 35.5 Å². The molecular formula is C74H68F6N10O6. The molecule has 3 fully saturated rings. The van der Waals surface area contributed by atoms with Crippen LogP contribution in [0.3, 0.4) is 0 Å². The fourth-order valence-electron chi connectivity index (χ4n) is 11.5. The summed E-state index contributed by atoms with van der Waals surface area (Å²) in [6, 6.07) is 50.5. The Morgan fingerprint density at radius 3 is 1.10 bits per heavy atom. The highest BCUT2D eigenvalue weighted by Crippen LogP contribution is 2.36. The molecule has 16 nitrogen and oxygen atoms in total. The van der Waals surface area contributed by atoms with Crippen molar-refractivity contribution in [3.05, 3.63) is 247 Å². The van der Waals surface area contributed by atoms with E-state index in [1.165, 1.54) is 6.33 Å². The number of rotatable bonds is 12. The first-order valence-electron chi connectivity index (χ1n) is 30.9. The Kier molecular flexibility index (Phi) is 21.3. The van der Waals surface area contributed by atoms with Crippen LogP contribution in [0.15, 0.2) is 213 Å². The van der Waals surface area contributed by atoms with Gasteiger partial charge in [-0.25, -0.2) is 36.3 Å². The minimum Gasteiger partial charge on any atom is -0.332 e. The lowest BCUT2D eigenvalue weighted by Gasteiger charge is -2.37. The maximum absolute atomic E-state index is 14.5. The van der Waals surface area contributed by atoms with Gasteiger partial charge < -0.3 is 30.7 Å². The number of amides is 6. The van der Waals surface area contributed by atoms with Crippen molar-refractivity contribution in [2.45, 2.75) is 57.8 Å². The minimum absolute atomic E-state index is 0.0662. The highest BCUT2D eigenvalue weighted by Gasteiger charge is 2.47. The zero-order valence-corrected chi connectivity index (χ0v) is 52.7. The molecular weight excluding hydrogens is 1240 g/mol. The third kappa shape index (κ3) is 18.3. The van der Waals surface area contributed by atoms with Crippen LogP contribution in [0.25, 0.3) is 33.5 Å². The summed E-state index contributed by atoms with van der Waals surface area (Å²) in [7, 11) is 0. The second-order valence-corrected chi connectivity index (χ2v) is 24.2. The first-order valence-corrected chi connectivity index (χ1v) is 30.9. The summed E-state index contributed by atoms with van der Waals surface area (Å²) in [5.41, 5.74) is 9.92. The number of nitrogens with zero attached hydrogens (tertiary/aromatic N) is 7. The monoisotopic (exact) mass is 1310 g/mol. The molecule has 6 aromatic carbocycles. The van der Waals surface area contributed by atoms with E-state index in [-0.39, 0.29) is 30.8 Å². The lowest BCUT2D eigenvalue weighted by atomic mass is 9.93. The van der Waals surface area contributed by atoms with Crippen molar-refractivity contribution in [3.8, 4) is 33.5 Å². The van der Waals surface area contributed by atoms with Gasteiger partial charge in [0.2, 0.25) is 17.7 Å². The number of piperidine rings is 3. The quantitative estimate of drug-likeness (QED) is 0.0989. The third-order valence-corrected chi connectivity index (χ3v) is 16.3. The fourth-order valence-corrected chi connectivity index (χ4v) is 11.5. The van der Waals surface area contributed by atoms with Gasteiger partial charge in [-0.05, 0) is 123 Å². The van der Waals surface area contributed by atoms with Gasteiger partial charge in [0.1, 0.15) is 6.33 Å². The van der Waals surface area contributed by atoms with Gasteiger partial charge in [-0.1, -0.05) is 102 Å². The summed E-state index contributed by atoms with van der Waals surface area (Å²) >= 11 is 0. The molecule has 96 heavy (non-hydrogen) atoms. The van der Waals surface area contributed by atoms with Crippen molar-refractivity contribution < 1.29 is 55.1 Å². The molecule has 0 aliphatic carbocycles. The standard InChI is InChI=1S/2C25H23F2N3O2.C24H22F2N4O2/c1-17-7-9-22(10-8-17)29-23(31)21-13-25(26,27)16-30(15-21)24(32)19-5-2-4-18(12-19)20-6-3-11-28-14-20;1-17-8-10-21(11-9-17)29-23(31)20-14-25(26,27)16-30(15-20)24(32)19-6-4-5-18(13-19)22-7-2-3-12-28-22;1-16-5-7-21(8-6-16)29-22(31)19-10-24(25,26)14-30(13-19)23(32)18-4-2-3-17(9-18)20-11-27-15-28-12-20/h2-12,14,21H,13,15-16H2,1H3,(H,29,31);2-13,20H,14-16H2,1H3,(H,29,31);2-9,11-12,15,19H,10,13-14H2,1H3,(H,29,31). The van der Waals surface area contributed by atoms with Gasteiger partial charge in [-0.3, -0.25) is 38.7 Å². The Morgan fingerprint density at radius 2 is 0.740 bits per heavy atom. The molecule has 22 heteroatoms. The predicted molar refractivity (Wildman–Crippen MR) is 353 cm³/mol. The van der Waals surface area contributed by atoms with Crippen molar-refractivity contribution in [1.29, 1.82) is 0 Å². The van der Waals surface area contributed by atoms with Gasteiger partial charge in [0.05, 0.1) is 43.1 Å². The second-order valence-electron chi connectivity index (χ2n) is 24.2. The van der Waals surface area contributed by atoms with Crippen LogP contribution in [0.4, 0.5) is 43.4 Å². The van der Waals surface area contributed by atoms with Crippen molar-refractivity contribution in [2.24, 2.45) is 17.8 Å². The fraction of sp³-hybridized carbons (Fsp3) is 0.243. The van der Waals surface area contributed by atoms with Crippen molar-refractivity contribution in [3.63, 3.8) is 0 Å². The molecule has 6 heterocycles. The van der Waals surface area contributed by atoms with Gasteiger partial charge in [-0.15, -0.1) is 0 Å². The number of likely N-dealkylation sites (tertiary alicyclic amines) is 3. The highest BCUT2D eigenvalue weighted by atomic mass is 19.3. The topological polar surface area (TPSA) is 200 Å². The summed E-state index contributed by atoms with van der Waals surface area (Å²) in [4.78, 5) is 96.8. The molecule has 3 aromatic heterocycles. The normalized spacial score (nSPS) is 17.6. The molecule has 0 saturated carbocycles. The van der Waals surface area contributed by atoms with Gasteiger partial charge >= 0.3 is 0 Å². The van der Waals surface area contributed by atoms with Crippen LogP contribution in [0, 0.1) is 38.5 Å². The number of nitrogens with one attached hydrogen (secondary N) is 3. The summed E-state index contributed by atoms with van der Waals surface area (Å²) in [6.07, 6.45) is 7.79. The van der Waals surface area contributed by atoms with Gasteiger partial charge in [0.15, 0.2) is 0 Å². The Bertz CT molecular complexity index is 3780. The Labute approximate surface area is 550 Å². The van der Waals surface area contributed by atoms with Gasteiger partial charge in [0, 0.05) is 120 Å². The number of aromatic nitrogens is 4. The first kappa shape index (κ1) is 68.0. The Hall–Kier alpha value is -10.9. The number of alkyl halides is 6. The summed E-state index contributed by atoms with van der Waals surface area (Å²) in [5.74, 6) is -15.7. The summed E-state index contributed by atoms with van der Waals surface area (Å²) < 4.78 is 86.9. The first-order chi connectivity index (χ1) is 45.9. The van der Waals surface area contributed by atoms with Crippen LogP contribution in [0.2, 0.25) is 0 Å². The maximum Gasteiger partial charge on any atom is 0.266 e. The number of benzene rings is 6. The number of anilines is 3. The van der Waals surface area contributed by atoms with E-state index in [2.05, 4.69) is 35.9 Å². The molecule has 3 atom stereocenters. The molecule has 3 N–H and O–H groups in total. The van der Waals surface area contributed by atoms with Crippen LogP contribution < -0.4 is 16.0 Å². The average molecular weight is 1310 g/mol. The molecule has 3 saturated heterocycles. The number of carbonyl (C=O) groups is 6. The highest BCUT2D eigenvalue weighted by molar-refractivity contribution is 6.00. The van der Waals surface area contributed by atoms with E-state index in [9.17, 15) is 55.1 Å². The van der Waals surface area contributed by atoms with E-state index in [1.54, 1.807) is 140 Å². The van der Waals surface area contributed by atoms with Crippen molar-refractivity contribution in [1.82, 2.24) is 34.6 Å². The zero-order valence-electron chi connectivity index (χ0n) is 52.7. The molecule has 0 radical (unpaired) electrons. The molecule has 12 rings (SSSR count). The SMILES string of the molecule is Cc1ccc(NC(=O)C2CN(C(=O)c3cccc(-c4ccccn4)c3)CC(F)(F)C2)cc1.Cc1ccc(NC(=O)C2CN(C(=O)c3cccc(-c4cccnc4)c3)CC(F)(F)C2)cc1.Cc1ccc(NC(=O)C2CN(C(=O)c3cccc(-c4cncnc4)c3)CC(F)(F)C2)cc1. The van der Waals surface area contributed by atoms with Crippen LogP contribution in [0.1, 0.15) is 67.0 Å². The molecule has 492 valence electrons. The molecule has 3 unspecified atom stereocenters. The van der Waals surface area contributed by atoms with Crippen molar-refractivity contribution in [2.75, 3.05) is 55.2 Å². The molecule has 6 amide bonds. The number of hydrogen-bond donors (Lipinski definition) is 3. The van der Waals surface area contributed by atoms with Crippen LogP contribution in [-0.2, 0) is 14.4 Å². The largest absolute Gasteiger partial charge is 0.332 e. The molecule has 3 aliphatic rings. The van der Waals surface area contributed by atoms with E-state index >= 15 is 0 Å². The molecule has 9 aromatic rings. The summed E-state index contributed by atoms with van der Waals surface area (Å²) in [6.45, 7) is 3.38. The molecule has 0 bridgehead atoms. The number of halogens is 6. The summed E-state index contributed by atoms with van der Waals surface area (Å²) in [5, 5.41) is 8.06. The average Bonchev–Trinajstić information content (AvgIpc) is 0.818. The van der Waals surface area contributed by atoms with Gasteiger partial charge in [-0.2, -0.15) is 0 Å². The molecule has 0 spiro atoms. The maximum atomic E-state index is 14.5. The zero-order chi connectivity index (χ0) is 68.2. The number of hydrogen-bond acceptors (Lipinski definition) is 10. The Balaban J connectivity index is 0.000000157. The van der Waals surface area contributed by atoms with Crippen LogP contribution >= 0.6 is 0 Å². The molecule has 3 aliphatic heterocycles. The second kappa shape index (κ2) is 30.0. The smallest absolute Gasteiger partial charge is 0.266 e. The van der Waals surface area contributed by atoms with Crippen molar-refractivity contribution >= 4 is 52.5 Å². The van der Waals surface area contributed by atoms with Crippen LogP contribution in [-0.4, -0.2) is 127 Å². The number of pyridine rings is 2. The minimum atomic E-state index is -3.16. The van der Waals surface area contributed by atoms with E-state index in [4.69, 9.17) is 0 Å². The third-order valence-electron chi connectivity index (χ3n) is 16.3. The van der Waals surface area contributed by atoms with E-state index < -0.39 is 110 Å². The van der Waals surface area contributed by atoms with E-state index in [0.717, 1.165) is 42.5 Å². The lowest BCUT2D eigenvalue weighted by molar-refractivity contribution is -0.130. The lowest BCUT2D eigenvalue weighted by Crippen LogP contribution is -2.52. The predicted octanol–water partition coefficient (Wildman–Crippen LogP) is 13.8. The Morgan fingerprint density at radius 1 is 0.385 bits per heavy atom. The number of carbonyl (C=O) groups excluding carboxylic acids is 6. The van der Waals surface area contributed by atoms with E-state index in [0.29, 0.717) is 45.0 Å². The van der Waals surface area contributed by atoms with Crippen LogP contribution in [0.5, 0.6) is 0 Å². The van der Waals surface area contributed by atoms with E-state index in [1.807, 2.05) is 87.5 Å². The number of aryl methyl sites for hydroxylation is 3.